The molecule has 0 aromatic carbocycles. The second-order valence-corrected chi connectivity index (χ2v) is 1.62. The van der Waals surface area contributed by atoms with Gasteiger partial charge in [-0.1, -0.05) is 0 Å². The van der Waals surface area contributed by atoms with Gasteiger partial charge < -0.3 is 0 Å². The molecule has 0 aliphatic heterocycles. The van der Waals surface area contributed by atoms with Gasteiger partial charge in [0.2, 0.25) is 0 Å². The normalized spacial score (nSPS) is 8.83. The standard InChI is InChI=1S/C3H3NOSe/c6-3-4-1-2-5-3/h1-2H,(H,4,6). The summed E-state index contributed by atoms with van der Waals surface area (Å²) in [6.07, 6.45) is 3.14. The third-order valence-electron chi connectivity index (χ3n) is 0.419. The zero-order valence-corrected chi connectivity index (χ0v) is 4.83. The Hall–Kier alpha value is -0.271. The van der Waals surface area contributed by atoms with Crippen molar-refractivity contribution < 1.29 is 4.42 Å². The summed E-state index contributed by atoms with van der Waals surface area (Å²) in [6, 6.07) is 0. The van der Waals surface area contributed by atoms with E-state index in [0.29, 0.717) is 4.79 Å². The van der Waals surface area contributed by atoms with Crippen molar-refractivity contribution in [1.29, 1.82) is 0 Å². The molecular weight excluding hydrogens is 145 g/mol. The zero-order chi connectivity index (χ0) is 4.41. The van der Waals surface area contributed by atoms with E-state index in [4.69, 9.17) is 4.42 Å². The van der Waals surface area contributed by atoms with E-state index < -0.39 is 0 Å². The summed E-state index contributed by atoms with van der Waals surface area (Å²) in [5.41, 5.74) is 0. The average Bonchev–Trinajstić information content (AvgIpc) is 1.86. The van der Waals surface area contributed by atoms with Gasteiger partial charge in [-0.05, 0) is 0 Å². The van der Waals surface area contributed by atoms with E-state index in [-0.39, 0.29) is 0 Å². The van der Waals surface area contributed by atoms with Gasteiger partial charge >= 0.3 is 42.7 Å². The van der Waals surface area contributed by atoms with Crippen molar-refractivity contribution in [2.24, 2.45) is 0 Å². The summed E-state index contributed by atoms with van der Waals surface area (Å²) in [6.45, 7) is 0. The van der Waals surface area contributed by atoms with Crippen molar-refractivity contribution in [3.05, 3.63) is 12.5 Å². The van der Waals surface area contributed by atoms with Gasteiger partial charge in [-0.25, -0.2) is 0 Å². The molecule has 1 heterocycles. The van der Waals surface area contributed by atoms with Crippen LogP contribution < -0.4 is 4.79 Å². The molecule has 3 heteroatoms. The van der Waals surface area contributed by atoms with E-state index in [2.05, 4.69) is 21.0 Å². The maximum atomic E-state index is 4.69. The number of oxazole rings is 1. The van der Waals surface area contributed by atoms with E-state index in [9.17, 15) is 0 Å². The van der Waals surface area contributed by atoms with Gasteiger partial charge in [0.15, 0.2) is 0 Å². The van der Waals surface area contributed by atoms with Crippen LogP contribution in [0.25, 0.3) is 0 Å². The summed E-state index contributed by atoms with van der Waals surface area (Å²) in [4.78, 5) is 4.38. The van der Waals surface area contributed by atoms with Crippen LogP contribution in [0.4, 0.5) is 0 Å². The molecule has 6 heavy (non-hydrogen) atoms. The van der Waals surface area contributed by atoms with Crippen molar-refractivity contribution in [1.82, 2.24) is 4.98 Å². The van der Waals surface area contributed by atoms with E-state index in [0.717, 1.165) is 0 Å². The van der Waals surface area contributed by atoms with E-state index in [1.807, 2.05) is 0 Å². The van der Waals surface area contributed by atoms with Crippen LogP contribution in [0, 0.1) is 0 Å². The molecule has 0 amide bonds. The molecule has 0 saturated carbocycles. The molecular formula is C3H3NOSe. The maximum absolute atomic E-state index is 4.69. The second-order valence-electron chi connectivity index (χ2n) is 0.815. The van der Waals surface area contributed by atoms with Crippen LogP contribution in [0.2, 0.25) is 0 Å². The minimum atomic E-state index is 0.655. The summed E-state index contributed by atoms with van der Waals surface area (Å²) < 4.78 is 4.69. The predicted octanol–water partition coefficient (Wildman–Crippen LogP) is -0.799. The Morgan fingerprint density at radius 1 is 1.83 bits per heavy atom. The average molecular weight is 148 g/mol. The Bertz CT molecular complexity index is 114. The van der Waals surface area contributed by atoms with Crippen molar-refractivity contribution in [2.75, 3.05) is 0 Å². The van der Waals surface area contributed by atoms with E-state index in [1.54, 1.807) is 6.20 Å². The number of aromatic nitrogens is 1. The Labute approximate surface area is 43.4 Å². The molecule has 0 atom stereocenters. The van der Waals surface area contributed by atoms with E-state index >= 15 is 0 Å². The first-order valence-corrected chi connectivity index (χ1v) is 2.42. The van der Waals surface area contributed by atoms with Crippen LogP contribution in [0.1, 0.15) is 0 Å². The molecule has 0 aliphatic rings. The summed E-state index contributed by atoms with van der Waals surface area (Å²) in [5.74, 6) is 0. The first kappa shape index (κ1) is 3.90. The molecule has 0 unspecified atom stereocenters. The van der Waals surface area contributed by atoms with Gasteiger partial charge in [0, 0.05) is 0 Å². The predicted molar refractivity (Wildman–Crippen MR) is 23.3 cm³/mol. The molecule has 32 valence electrons. The number of hydrogen-bond donors (Lipinski definition) is 0. The summed E-state index contributed by atoms with van der Waals surface area (Å²) in [7, 11) is 0. The van der Waals surface area contributed by atoms with Crippen molar-refractivity contribution in [3.8, 4) is 0 Å². The van der Waals surface area contributed by atoms with Gasteiger partial charge in [-0.15, -0.1) is 0 Å². The Morgan fingerprint density at radius 3 is 2.83 bits per heavy atom. The fourth-order valence-electron chi connectivity index (χ4n) is 0.216. The Kier molecular flexibility index (Phi) is 0.945. The topological polar surface area (TPSA) is 26.0 Å². The third kappa shape index (κ3) is 0.614. The molecule has 0 spiro atoms. The van der Waals surface area contributed by atoms with E-state index in [1.165, 1.54) is 6.26 Å². The first-order chi connectivity index (χ1) is 2.89. The van der Waals surface area contributed by atoms with Crippen LogP contribution in [0.15, 0.2) is 16.9 Å². The molecule has 2 nitrogen and oxygen atoms in total. The Morgan fingerprint density at radius 2 is 2.67 bits per heavy atom. The molecule has 0 aliphatic carbocycles. The van der Waals surface area contributed by atoms with Gasteiger partial charge in [-0.2, -0.15) is 0 Å². The number of nitrogens with zero attached hydrogens (tertiary/aromatic N) is 1. The third-order valence-corrected chi connectivity index (χ3v) is 0.883. The van der Waals surface area contributed by atoms with Crippen molar-refractivity contribution >= 4 is 20.8 Å². The number of rotatable bonds is 0. The quantitative estimate of drug-likeness (QED) is 0.450. The van der Waals surface area contributed by atoms with Gasteiger partial charge in [-0.3, -0.25) is 0 Å². The molecule has 0 radical (unpaired) electrons. The van der Waals surface area contributed by atoms with Crippen LogP contribution in [0.5, 0.6) is 0 Å². The fourth-order valence-corrected chi connectivity index (χ4v) is 0.483. The SMILES string of the molecule is [SeH]c1ncco1. The molecule has 0 fully saturated rings. The monoisotopic (exact) mass is 149 g/mol. The second kappa shape index (κ2) is 1.45. The minimum absolute atomic E-state index is 0.655. The van der Waals surface area contributed by atoms with Crippen LogP contribution >= 0.6 is 0 Å². The van der Waals surface area contributed by atoms with Crippen molar-refractivity contribution in [2.45, 2.75) is 0 Å². The fraction of sp³-hybridized carbons (Fsp3) is 0. The molecule has 0 N–H and O–H groups in total. The van der Waals surface area contributed by atoms with Crippen molar-refractivity contribution in [3.63, 3.8) is 0 Å². The van der Waals surface area contributed by atoms with Crippen LogP contribution in [-0.2, 0) is 0 Å². The molecule has 1 aromatic rings. The first-order valence-electron chi connectivity index (χ1n) is 1.48. The Balaban J connectivity index is 3.05. The van der Waals surface area contributed by atoms with Gasteiger partial charge in [0.05, 0.1) is 0 Å². The van der Waals surface area contributed by atoms with Crippen LogP contribution in [-0.4, -0.2) is 21.0 Å². The molecule has 0 saturated heterocycles. The molecule has 0 bridgehead atoms. The van der Waals surface area contributed by atoms with Crippen LogP contribution in [0.3, 0.4) is 0 Å². The van der Waals surface area contributed by atoms with Gasteiger partial charge in [0.25, 0.3) is 0 Å². The number of hydrogen-bond acceptors (Lipinski definition) is 2. The zero-order valence-electron chi connectivity index (χ0n) is 2.96. The van der Waals surface area contributed by atoms with Gasteiger partial charge in [0.1, 0.15) is 0 Å². The molecule has 1 aromatic heterocycles. The molecule has 1 rings (SSSR count). The summed E-state index contributed by atoms with van der Waals surface area (Å²) in [5, 5.41) is 0. The summed E-state index contributed by atoms with van der Waals surface area (Å²) >= 11 is 2.20.